The zero-order valence-electron chi connectivity index (χ0n) is 10.0. The fourth-order valence-electron chi connectivity index (χ4n) is 2.10. The monoisotopic (exact) mass is 335 g/mol. The van der Waals surface area contributed by atoms with Gasteiger partial charge in [-0.2, -0.15) is 0 Å². The van der Waals surface area contributed by atoms with Gasteiger partial charge >= 0.3 is 0 Å². The second kappa shape index (κ2) is 4.47. The van der Waals surface area contributed by atoms with Crippen LogP contribution in [0.1, 0.15) is 4.88 Å². The number of nitrogens with two attached hydrogens (primary N) is 1. The molecule has 0 amide bonds. The number of aryl methyl sites for hydroxylation is 1. The van der Waals surface area contributed by atoms with Crippen LogP contribution >= 0.6 is 27.3 Å². The molecular formula is C13H10BrN3OS. The molecule has 3 N–H and O–H groups in total. The molecule has 4 nitrogen and oxygen atoms in total. The van der Waals surface area contributed by atoms with E-state index < -0.39 is 0 Å². The number of rotatable bonds is 1. The molecule has 0 atom stereocenters. The topological polar surface area (TPSA) is 71.8 Å². The third kappa shape index (κ3) is 2.06. The van der Waals surface area contributed by atoms with E-state index in [9.17, 15) is 4.79 Å². The van der Waals surface area contributed by atoms with Crippen LogP contribution in [0.5, 0.6) is 0 Å². The van der Waals surface area contributed by atoms with Gasteiger partial charge in [-0.3, -0.25) is 9.78 Å². The van der Waals surface area contributed by atoms with E-state index in [4.69, 9.17) is 5.73 Å². The van der Waals surface area contributed by atoms with Crippen molar-refractivity contribution in [3.05, 3.63) is 44.0 Å². The average Bonchev–Trinajstić information content (AvgIpc) is 2.66. The molecule has 0 spiro atoms. The number of aromatic nitrogens is 2. The van der Waals surface area contributed by atoms with E-state index in [2.05, 4.69) is 25.9 Å². The first-order chi connectivity index (χ1) is 9.06. The fourth-order valence-corrected chi connectivity index (χ4v) is 3.42. The molecule has 2 heterocycles. The minimum Gasteiger partial charge on any atom is -0.369 e. The van der Waals surface area contributed by atoms with Crippen molar-refractivity contribution >= 4 is 43.4 Å². The maximum atomic E-state index is 12.1. The number of nitrogens with one attached hydrogen (secondary N) is 1. The predicted molar refractivity (Wildman–Crippen MR) is 82.5 cm³/mol. The molecule has 6 heteroatoms. The summed E-state index contributed by atoms with van der Waals surface area (Å²) < 4.78 is 1.00. The number of H-pyrrole nitrogens is 1. The molecule has 0 fully saturated rings. The minimum atomic E-state index is -0.190. The van der Waals surface area contributed by atoms with Crippen molar-refractivity contribution in [2.45, 2.75) is 6.92 Å². The second-order valence-electron chi connectivity index (χ2n) is 4.17. The van der Waals surface area contributed by atoms with Crippen LogP contribution in [0.25, 0.3) is 21.3 Å². The van der Waals surface area contributed by atoms with E-state index in [1.165, 1.54) is 11.3 Å². The summed E-state index contributed by atoms with van der Waals surface area (Å²) >= 11 is 4.89. The molecule has 0 radical (unpaired) electrons. The van der Waals surface area contributed by atoms with Crippen molar-refractivity contribution in [3.8, 4) is 11.1 Å². The van der Waals surface area contributed by atoms with Crippen LogP contribution in [0, 0.1) is 6.92 Å². The molecule has 0 unspecified atom stereocenters. The molecular weight excluding hydrogens is 326 g/mol. The Bertz CT molecular complexity index is 820. The van der Waals surface area contributed by atoms with Crippen molar-refractivity contribution in [2.24, 2.45) is 0 Å². The largest absolute Gasteiger partial charge is 0.369 e. The van der Waals surface area contributed by atoms with Gasteiger partial charge in [-0.15, -0.1) is 11.3 Å². The van der Waals surface area contributed by atoms with E-state index in [-0.39, 0.29) is 11.5 Å². The summed E-state index contributed by atoms with van der Waals surface area (Å²) in [5.74, 6) is 0.154. The van der Waals surface area contributed by atoms with Gasteiger partial charge in [0.05, 0.1) is 5.39 Å². The quantitative estimate of drug-likeness (QED) is 0.716. The van der Waals surface area contributed by atoms with Crippen LogP contribution in [-0.4, -0.2) is 9.97 Å². The lowest BCUT2D eigenvalue weighted by atomic mass is 10.0. The van der Waals surface area contributed by atoms with Gasteiger partial charge < -0.3 is 5.73 Å². The Labute approximate surface area is 121 Å². The lowest BCUT2D eigenvalue weighted by molar-refractivity contribution is 1.20. The van der Waals surface area contributed by atoms with Crippen LogP contribution in [0.15, 0.2) is 33.5 Å². The van der Waals surface area contributed by atoms with Gasteiger partial charge in [0.15, 0.2) is 0 Å². The standard InChI is InChI=1S/C13H10BrN3OS/c1-6-9(7-2-4-8(14)5-3-7)10-11(18)16-13(15)17-12(10)19-6/h2-5H,1H3,(H3,15,16,17,18). The first kappa shape index (κ1) is 12.4. The second-order valence-corrected chi connectivity index (χ2v) is 6.29. The Morgan fingerprint density at radius 1 is 1.32 bits per heavy atom. The molecule has 0 aliphatic carbocycles. The number of thiophene rings is 1. The summed E-state index contributed by atoms with van der Waals surface area (Å²) in [6.45, 7) is 1.99. The van der Waals surface area contributed by atoms with Crippen LogP contribution in [-0.2, 0) is 0 Å². The molecule has 19 heavy (non-hydrogen) atoms. The van der Waals surface area contributed by atoms with Crippen LogP contribution in [0.4, 0.5) is 5.95 Å². The molecule has 0 bridgehead atoms. The number of nitrogen functional groups attached to an aromatic ring is 1. The van der Waals surface area contributed by atoms with E-state index in [0.717, 1.165) is 20.5 Å². The Morgan fingerprint density at radius 2 is 2.00 bits per heavy atom. The van der Waals surface area contributed by atoms with Gasteiger partial charge in [0.25, 0.3) is 5.56 Å². The van der Waals surface area contributed by atoms with Crippen molar-refractivity contribution in [1.29, 1.82) is 0 Å². The van der Waals surface area contributed by atoms with E-state index >= 15 is 0 Å². The summed E-state index contributed by atoms with van der Waals surface area (Å²) in [7, 11) is 0. The molecule has 3 rings (SSSR count). The highest BCUT2D eigenvalue weighted by Crippen LogP contribution is 2.35. The molecule has 0 saturated heterocycles. The van der Waals surface area contributed by atoms with Crippen molar-refractivity contribution in [1.82, 2.24) is 9.97 Å². The highest BCUT2D eigenvalue weighted by Gasteiger charge is 2.15. The van der Waals surface area contributed by atoms with Gasteiger partial charge in [-0.1, -0.05) is 28.1 Å². The van der Waals surface area contributed by atoms with Crippen molar-refractivity contribution in [3.63, 3.8) is 0 Å². The smallest absolute Gasteiger partial charge is 0.261 e. The normalized spacial score (nSPS) is 11.1. The minimum absolute atomic E-state index is 0.154. The summed E-state index contributed by atoms with van der Waals surface area (Å²) in [4.78, 5) is 20.6. The Hall–Kier alpha value is -1.66. The SMILES string of the molecule is Cc1sc2nc(N)[nH]c(=O)c2c1-c1ccc(Br)cc1. The van der Waals surface area contributed by atoms with Crippen LogP contribution in [0.3, 0.4) is 0 Å². The highest BCUT2D eigenvalue weighted by atomic mass is 79.9. The van der Waals surface area contributed by atoms with Crippen molar-refractivity contribution in [2.75, 3.05) is 5.73 Å². The first-order valence-electron chi connectivity index (χ1n) is 5.61. The number of anilines is 1. The third-order valence-electron chi connectivity index (χ3n) is 2.89. The number of hydrogen-bond acceptors (Lipinski definition) is 4. The number of aromatic amines is 1. The number of fused-ring (bicyclic) bond motifs is 1. The Kier molecular flexibility index (Phi) is 2.91. The molecule has 0 aliphatic rings. The number of halogens is 1. The molecule has 3 aromatic rings. The van der Waals surface area contributed by atoms with Gasteiger partial charge in [-0.05, 0) is 24.6 Å². The summed E-state index contributed by atoms with van der Waals surface area (Å²) in [5, 5.41) is 0.610. The molecule has 2 aromatic heterocycles. The maximum absolute atomic E-state index is 12.1. The van der Waals surface area contributed by atoms with Gasteiger partial charge in [0.2, 0.25) is 5.95 Å². The molecule has 0 saturated carbocycles. The summed E-state index contributed by atoms with van der Waals surface area (Å²) in [6.07, 6.45) is 0. The maximum Gasteiger partial charge on any atom is 0.261 e. The van der Waals surface area contributed by atoms with Crippen LogP contribution < -0.4 is 11.3 Å². The van der Waals surface area contributed by atoms with Gasteiger partial charge in [0.1, 0.15) is 4.83 Å². The number of nitrogens with zero attached hydrogens (tertiary/aromatic N) is 1. The van der Waals surface area contributed by atoms with Gasteiger partial charge in [0, 0.05) is 14.9 Å². The van der Waals surface area contributed by atoms with Crippen LogP contribution in [0.2, 0.25) is 0 Å². The third-order valence-corrected chi connectivity index (χ3v) is 4.42. The number of hydrogen-bond donors (Lipinski definition) is 2. The summed E-state index contributed by atoms with van der Waals surface area (Å²) in [6, 6.07) is 7.87. The first-order valence-corrected chi connectivity index (χ1v) is 7.22. The molecule has 1 aromatic carbocycles. The zero-order valence-corrected chi connectivity index (χ0v) is 12.4. The fraction of sp³-hybridized carbons (Fsp3) is 0.0769. The lowest BCUT2D eigenvalue weighted by Gasteiger charge is -2.02. The number of benzene rings is 1. The Balaban J connectivity index is 2.38. The van der Waals surface area contributed by atoms with Crippen molar-refractivity contribution < 1.29 is 0 Å². The van der Waals surface area contributed by atoms with Gasteiger partial charge in [-0.25, -0.2) is 4.98 Å². The van der Waals surface area contributed by atoms with E-state index in [1.54, 1.807) is 0 Å². The predicted octanol–water partition coefficient (Wildman–Crippen LogP) is 3.30. The molecule has 0 aliphatic heterocycles. The van der Waals surface area contributed by atoms with E-state index in [1.807, 2.05) is 31.2 Å². The summed E-state index contributed by atoms with van der Waals surface area (Å²) in [5.41, 5.74) is 7.32. The van der Waals surface area contributed by atoms with E-state index in [0.29, 0.717) is 10.2 Å². The molecule has 96 valence electrons. The highest BCUT2D eigenvalue weighted by molar-refractivity contribution is 9.10. The zero-order chi connectivity index (χ0) is 13.6. The Morgan fingerprint density at radius 3 is 2.68 bits per heavy atom. The lowest BCUT2D eigenvalue weighted by Crippen LogP contribution is -2.10. The average molecular weight is 336 g/mol.